The van der Waals surface area contributed by atoms with Gasteiger partial charge in [0.1, 0.15) is 0 Å². The van der Waals surface area contributed by atoms with Crippen molar-refractivity contribution < 1.29 is 4.79 Å². The van der Waals surface area contributed by atoms with Gasteiger partial charge in [-0.3, -0.25) is 10.1 Å². The minimum absolute atomic E-state index is 0.0291. The third-order valence-corrected chi connectivity index (χ3v) is 5.11. The van der Waals surface area contributed by atoms with E-state index in [1.165, 1.54) is 12.8 Å². The fourth-order valence-electron chi connectivity index (χ4n) is 3.65. The predicted octanol–water partition coefficient (Wildman–Crippen LogP) is 2.76. The van der Waals surface area contributed by atoms with E-state index < -0.39 is 0 Å². The number of nitrogens with zero attached hydrogens (tertiary/aromatic N) is 1. The maximum atomic E-state index is 12.7. The Morgan fingerprint density at radius 3 is 2.67 bits per heavy atom. The molecule has 0 spiro atoms. The number of nitrogens with one attached hydrogen (secondary N) is 1. The van der Waals surface area contributed by atoms with Gasteiger partial charge in [-0.15, -0.1) is 0 Å². The lowest BCUT2D eigenvalue weighted by molar-refractivity contribution is -0.134. The van der Waals surface area contributed by atoms with E-state index in [1.54, 1.807) is 0 Å². The molecule has 2 aliphatic rings. The van der Waals surface area contributed by atoms with Crippen molar-refractivity contribution in [3.05, 3.63) is 0 Å². The first kappa shape index (κ1) is 13.9. The number of rotatable bonds is 3. The third kappa shape index (κ3) is 2.18. The largest absolute Gasteiger partial charge is 0.323 e. The van der Waals surface area contributed by atoms with Crippen LogP contribution in [0, 0.1) is 11.3 Å². The summed E-state index contributed by atoms with van der Waals surface area (Å²) in [4.78, 5) is 14.8. The van der Waals surface area contributed by atoms with Gasteiger partial charge < -0.3 is 4.90 Å². The lowest BCUT2D eigenvalue weighted by atomic mass is 9.86. The van der Waals surface area contributed by atoms with Crippen molar-refractivity contribution in [2.45, 2.75) is 78.6 Å². The van der Waals surface area contributed by atoms with Crippen LogP contribution in [-0.2, 0) is 4.79 Å². The van der Waals surface area contributed by atoms with Gasteiger partial charge in [-0.05, 0) is 31.1 Å². The third-order valence-electron chi connectivity index (χ3n) is 5.11. The number of carbonyl (C=O) groups is 1. The standard InChI is InChI=1S/C15H28N2O/c1-6-10(2)13-14(18)17(11(3)16-13)12-8-7-9-15(12,4)5/h10-13,16H,6-9H2,1-5H3. The van der Waals surface area contributed by atoms with Gasteiger partial charge in [-0.1, -0.05) is 40.5 Å². The molecule has 3 nitrogen and oxygen atoms in total. The Bertz CT molecular complexity index is 326. The Kier molecular flexibility index (Phi) is 3.72. The normalized spacial score (nSPS) is 37.3. The second-order valence-corrected chi connectivity index (χ2v) is 6.85. The van der Waals surface area contributed by atoms with Crippen molar-refractivity contribution in [2.24, 2.45) is 11.3 Å². The minimum atomic E-state index is 0.0291. The summed E-state index contributed by atoms with van der Waals surface area (Å²) in [6.45, 7) is 11.1. The van der Waals surface area contributed by atoms with Crippen LogP contribution in [0.4, 0.5) is 0 Å². The molecule has 3 heteroatoms. The molecule has 1 N–H and O–H groups in total. The van der Waals surface area contributed by atoms with Gasteiger partial charge in [0.2, 0.25) is 5.91 Å². The molecule has 2 fully saturated rings. The Morgan fingerprint density at radius 2 is 2.17 bits per heavy atom. The minimum Gasteiger partial charge on any atom is -0.323 e. The summed E-state index contributed by atoms with van der Waals surface area (Å²) in [5.41, 5.74) is 0.274. The first-order chi connectivity index (χ1) is 8.38. The number of amides is 1. The highest BCUT2D eigenvalue weighted by Crippen LogP contribution is 2.42. The van der Waals surface area contributed by atoms with E-state index in [0.717, 1.165) is 12.8 Å². The summed E-state index contributed by atoms with van der Waals surface area (Å²) >= 11 is 0. The van der Waals surface area contributed by atoms with Crippen molar-refractivity contribution in [3.63, 3.8) is 0 Å². The van der Waals surface area contributed by atoms with Gasteiger partial charge in [0, 0.05) is 6.04 Å². The molecule has 4 unspecified atom stereocenters. The average Bonchev–Trinajstić information content (AvgIpc) is 2.78. The summed E-state index contributed by atoms with van der Waals surface area (Å²) in [5, 5.41) is 3.50. The zero-order valence-corrected chi connectivity index (χ0v) is 12.5. The topological polar surface area (TPSA) is 32.3 Å². The van der Waals surface area contributed by atoms with Gasteiger partial charge >= 0.3 is 0 Å². The van der Waals surface area contributed by atoms with Gasteiger partial charge in [0.05, 0.1) is 12.2 Å². The van der Waals surface area contributed by atoms with Crippen molar-refractivity contribution in [3.8, 4) is 0 Å². The first-order valence-electron chi connectivity index (χ1n) is 7.46. The monoisotopic (exact) mass is 252 g/mol. The Hall–Kier alpha value is -0.570. The highest BCUT2D eigenvalue weighted by molar-refractivity contribution is 5.85. The lowest BCUT2D eigenvalue weighted by Crippen LogP contribution is -2.48. The molecule has 104 valence electrons. The highest BCUT2D eigenvalue weighted by Gasteiger charge is 2.48. The SMILES string of the molecule is CCC(C)C1NC(C)N(C2CCCC2(C)C)C1=O. The maximum Gasteiger partial charge on any atom is 0.241 e. The van der Waals surface area contributed by atoms with Crippen LogP contribution < -0.4 is 5.32 Å². The zero-order valence-electron chi connectivity index (χ0n) is 12.5. The number of hydrogen-bond acceptors (Lipinski definition) is 2. The van der Waals surface area contributed by atoms with Crippen LogP contribution in [0.1, 0.15) is 60.3 Å². The van der Waals surface area contributed by atoms with E-state index in [0.29, 0.717) is 17.9 Å². The lowest BCUT2D eigenvalue weighted by Gasteiger charge is -2.37. The van der Waals surface area contributed by atoms with Crippen LogP contribution in [0.25, 0.3) is 0 Å². The van der Waals surface area contributed by atoms with E-state index in [2.05, 4.69) is 44.8 Å². The molecule has 1 amide bonds. The van der Waals surface area contributed by atoms with Gasteiger partial charge in [-0.2, -0.15) is 0 Å². The summed E-state index contributed by atoms with van der Waals surface area (Å²) in [6.07, 6.45) is 4.90. The van der Waals surface area contributed by atoms with Gasteiger partial charge in [0.25, 0.3) is 0 Å². The van der Waals surface area contributed by atoms with Crippen LogP contribution in [0.5, 0.6) is 0 Å². The quantitative estimate of drug-likeness (QED) is 0.837. The highest BCUT2D eigenvalue weighted by atomic mass is 16.2. The maximum absolute atomic E-state index is 12.7. The molecule has 4 atom stereocenters. The summed E-state index contributed by atoms with van der Waals surface area (Å²) in [6, 6.07) is 0.447. The fraction of sp³-hybridized carbons (Fsp3) is 0.933. The molecule has 0 aromatic heterocycles. The fourth-order valence-corrected chi connectivity index (χ4v) is 3.65. The smallest absolute Gasteiger partial charge is 0.241 e. The Labute approximate surface area is 111 Å². The molecule has 1 heterocycles. The van der Waals surface area contributed by atoms with E-state index >= 15 is 0 Å². The Balaban J connectivity index is 2.17. The molecule has 0 aromatic rings. The molecule has 1 saturated heterocycles. The average molecular weight is 252 g/mol. The molecule has 1 aliphatic heterocycles. The van der Waals surface area contributed by atoms with Crippen molar-refractivity contribution in [1.29, 1.82) is 0 Å². The molecule has 0 radical (unpaired) electrons. The molecule has 2 rings (SSSR count). The van der Waals surface area contributed by atoms with E-state index in [4.69, 9.17) is 0 Å². The van der Waals surface area contributed by atoms with Crippen LogP contribution in [0.15, 0.2) is 0 Å². The molecular weight excluding hydrogens is 224 g/mol. The zero-order chi connectivity index (χ0) is 13.5. The summed E-state index contributed by atoms with van der Waals surface area (Å²) in [7, 11) is 0. The van der Waals surface area contributed by atoms with Gasteiger partial charge in [0.15, 0.2) is 0 Å². The van der Waals surface area contributed by atoms with Crippen LogP contribution in [0.2, 0.25) is 0 Å². The van der Waals surface area contributed by atoms with E-state index in [1.807, 2.05) is 0 Å². The number of hydrogen-bond donors (Lipinski definition) is 1. The molecule has 18 heavy (non-hydrogen) atoms. The molecule has 1 aliphatic carbocycles. The predicted molar refractivity (Wildman–Crippen MR) is 74.1 cm³/mol. The summed E-state index contributed by atoms with van der Waals surface area (Å²) in [5.74, 6) is 0.756. The molecule has 0 aromatic carbocycles. The van der Waals surface area contributed by atoms with E-state index in [9.17, 15) is 4.79 Å². The van der Waals surface area contributed by atoms with Crippen LogP contribution >= 0.6 is 0 Å². The van der Waals surface area contributed by atoms with Crippen molar-refractivity contribution in [1.82, 2.24) is 10.2 Å². The van der Waals surface area contributed by atoms with E-state index in [-0.39, 0.29) is 17.6 Å². The Morgan fingerprint density at radius 1 is 1.50 bits per heavy atom. The molecule has 1 saturated carbocycles. The van der Waals surface area contributed by atoms with Crippen molar-refractivity contribution in [2.75, 3.05) is 0 Å². The first-order valence-corrected chi connectivity index (χ1v) is 7.46. The molecule has 0 bridgehead atoms. The summed E-state index contributed by atoms with van der Waals surface area (Å²) < 4.78 is 0. The van der Waals surface area contributed by atoms with Crippen LogP contribution in [0.3, 0.4) is 0 Å². The number of carbonyl (C=O) groups excluding carboxylic acids is 1. The second-order valence-electron chi connectivity index (χ2n) is 6.85. The van der Waals surface area contributed by atoms with Crippen LogP contribution in [-0.4, -0.2) is 29.1 Å². The van der Waals surface area contributed by atoms with Crippen molar-refractivity contribution >= 4 is 5.91 Å². The van der Waals surface area contributed by atoms with Gasteiger partial charge in [-0.25, -0.2) is 0 Å². The molecular formula is C15H28N2O. The second kappa shape index (κ2) is 4.84.